The van der Waals surface area contributed by atoms with Crippen molar-refractivity contribution in [1.82, 2.24) is 19.9 Å². The number of fused-ring (bicyclic) bond motifs is 1. The van der Waals surface area contributed by atoms with Gasteiger partial charge in [0.15, 0.2) is 12.3 Å². The van der Waals surface area contributed by atoms with Gasteiger partial charge in [-0.15, -0.1) is 10.2 Å². The van der Waals surface area contributed by atoms with Crippen molar-refractivity contribution in [3.63, 3.8) is 0 Å². The van der Waals surface area contributed by atoms with E-state index in [2.05, 4.69) is 15.5 Å². The fourth-order valence-corrected chi connectivity index (χ4v) is 3.20. The van der Waals surface area contributed by atoms with Gasteiger partial charge in [0, 0.05) is 13.2 Å². The Bertz CT molecular complexity index is 1310. The number of amides is 2. The van der Waals surface area contributed by atoms with Crippen LogP contribution < -0.4 is 10.2 Å². The fraction of sp³-hybridized carbons (Fsp3) is 0.174. The predicted molar refractivity (Wildman–Crippen MR) is 118 cm³/mol. The van der Waals surface area contributed by atoms with Gasteiger partial charge in [0.1, 0.15) is 11.6 Å². The summed E-state index contributed by atoms with van der Waals surface area (Å²) in [6.07, 6.45) is 3.08. The molecule has 0 saturated carbocycles. The lowest BCUT2D eigenvalue weighted by molar-refractivity contribution is -0.121. The highest BCUT2D eigenvalue weighted by atomic mass is 16.5. The van der Waals surface area contributed by atoms with Gasteiger partial charge >= 0.3 is 5.97 Å². The summed E-state index contributed by atoms with van der Waals surface area (Å²) < 4.78 is 12.1. The molecular weight excluding hydrogens is 426 g/mol. The maximum atomic E-state index is 12.7. The Labute approximate surface area is 188 Å². The van der Waals surface area contributed by atoms with Gasteiger partial charge in [-0.05, 0) is 43.3 Å². The van der Waals surface area contributed by atoms with Crippen LogP contribution in [-0.4, -0.2) is 46.0 Å². The van der Waals surface area contributed by atoms with Crippen LogP contribution in [0.5, 0.6) is 0 Å². The molecule has 1 N–H and O–H groups in total. The minimum atomic E-state index is -0.656. The molecule has 2 amide bonds. The third-order valence-electron chi connectivity index (χ3n) is 5.02. The van der Waals surface area contributed by atoms with Crippen molar-refractivity contribution < 1.29 is 23.5 Å². The zero-order valence-electron chi connectivity index (χ0n) is 18.0. The number of furan rings is 1. The maximum absolute atomic E-state index is 12.7. The van der Waals surface area contributed by atoms with E-state index in [1.165, 1.54) is 18.2 Å². The van der Waals surface area contributed by atoms with Crippen LogP contribution in [0.15, 0.2) is 65.4 Å². The Balaban J connectivity index is 1.40. The third-order valence-corrected chi connectivity index (χ3v) is 5.02. The van der Waals surface area contributed by atoms with Crippen molar-refractivity contribution in [2.75, 3.05) is 18.6 Å². The van der Waals surface area contributed by atoms with Crippen LogP contribution in [0.2, 0.25) is 0 Å². The lowest BCUT2D eigenvalue weighted by Gasteiger charge is -2.20. The summed E-state index contributed by atoms with van der Waals surface area (Å²) in [5.74, 6) is -0.280. The minimum Gasteiger partial charge on any atom is -0.467 e. The number of esters is 1. The first-order valence-electron chi connectivity index (χ1n) is 10.1. The van der Waals surface area contributed by atoms with Crippen molar-refractivity contribution in [3.05, 3.63) is 83.7 Å². The molecule has 3 aromatic heterocycles. The van der Waals surface area contributed by atoms with Crippen molar-refractivity contribution in [1.29, 1.82) is 0 Å². The number of carbonyl (C=O) groups is 3. The molecule has 0 atom stereocenters. The largest absolute Gasteiger partial charge is 0.467 e. The SMILES string of the molecule is Cc1nnc2ccc(C(=O)OCC(=O)N(C)c3ccccc3C(=O)NCc3ccco3)cn12. The van der Waals surface area contributed by atoms with Crippen molar-refractivity contribution in [2.45, 2.75) is 13.5 Å². The number of hydrogen-bond donors (Lipinski definition) is 1. The molecule has 10 nitrogen and oxygen atoms in total. The zero-order valence-corrected chi connectivity index (χ0v) is 18.0. The van der Waals surface area contributed by atoms with Crippen molar-refractivity contribution in [2.24, 2.45) is 0 Å². The number of aryl methyl sites for hydroxylation is 1. The van der Waals surface area contributed by atoms with Gasteiger partial charge in [-0.3, -0.25) is 14.0 Å². The summed E-state index contributed by atoms with van der Waals surface area (Å²) in [7, 11) is 1.52. The molecule has 0 saturated heterocycles. The van der Waals surface area contributed by atoms with E-state index < -0.39 is 18.5 Å². The monoisotopic (exact) mass is 447 g/mol. The second-order valence-corrected chi connectivity index (χ2v) is 7.20. The van der Waals surface area contributed by atoms with Crippen LogP contribution in [0.25, 0.3) is 5.65 Å². The standard InChI is InChI=1S/C23H21N5O5/c1-15-25-26-20-10-9-16(13-28(15)20)23(31)33-14-21(29)27(2)19-8-4-3-7-18(19)22(30)24-12-17-6-5-11-32-17/h3-11,13H,12,14H2,1-2H3,(H,24,30). The molecule has 0 radical (unpaired) electrons. The van der Waals surface area contributed by atoms with E-state index in [0.29, 0.717) is 28.5 Å². The first-order valence-corrected chi connectivity index (χ1v) is 10.1. The summed E-state index contributed by atoms with van der Waals surface area (Å²) in [5, 5.41) is 10.7. The minimum absolute atomic E-state index is 0.214. The highest BCUT2D eigenvalue weighted by Crippen LogP contribution is 2.20. The Morgan fingerprint density at radius 3 is 2.70 bits per heavy atom. The van der Waals surface area contributed by atoms with Crippen LogP contribution in [0, 0.1) is 6.92 Å². The normalized spacial score (nSPS) is 10.7. The molecule has 33 heavy (non-hydrogen) atoms. The molecule has 0 aliphatic rings. The molecule has 0 spiro atoms. The van der Waals surface area contributed by atoms with Crippen LogP contribution in [0.1, 0.15) is 32.3 Å². The van der Waals surface area contributed by atoms with E-state index in [1.807, 2.05) is 0 Å². The molecule has 0 fully saturated rings. The molecular formula is C23H21N5O5. The molecule has 4 aromatic rings. The summed E-state index contributed by atoms with van der Waals surface area (Å²) in [6, 6.07) is 13.3. The number of anilines is 1. The number of pyridine rings is 1. The van der Waals surface area contributed by atoms with E-state index in [0.717, 1.165) is 0 Å². The van der Waals surface area contributed by atoms with Gasteiger partial charge in [-0.2, -0.15) is 0 Å². The van der Waals surface area contributed by atoms with Crippen LogP contribution in [-0.2, 0) is 16.1 Å². The van der Waals surface area contributed by atoms with Gasteiger partial charge in [0.05, 0.1) is 29.6 Å². The van der Waals surface area contributed by atoms with E-state index >= 15 is 0 Å². The molecule has 0 aliphatic heterocycles. The molecule has 168 valence electrons. The number of hydrogen-bond acceptors (Lipinski definition) is 7. The van der Waals surface area contributed by atoms with Gasteiger partial charge in [0.2, 0.25) is 0 Å². The van der Waals surface area contributed by atoms with Gasteiger partial charge in [-0.1, -0.05) is 12.1 Å². The van der Waals surface area contributed by atoms with Crippen molar-refractivity contribution >= 4 is 29.1 Å². The van der Waals surface area contributed by atoms with E-state index in [-0.39, 0.29) is 18.0 Å². The number of aromatic nitrogens is 3. The number of ether oxygens (including phenoxy) is 1. The molecule has 0 bridgehead atoms. The Hall–Kier alpha value is -4.47. The molecule has 4 rings (SSSR count). The average molecular weight is 447 g/mol. The highest BCUT2D eigenvalue weighted by Gasteiger charge is 2.20. The lowest BCUT2D eigenvalue weighted by Crippen LogP contribution is -2.33. The highest BCUT2D eigenvalue weighted by molar-refractivity contribution is 6.05. The number of rotatable bonds is 7. The van der Waals surface area contributed by atoms with Crippen LogP contribution in [0.3, 0.4) is 0 Å². The predicted octanol–water partition coefficient (Wildman–Crippen LogP) is 2.38. The van der Waals surface area contributed by atoms with Gasteiger partial charge in [0.25, 0.3) is 11.8 Å². The number of nitrogens with zero attached hydrogens (tertiary/aromatic N) is 4. The molecule has 1 aromatic carbocycles. The molecule has 3 heterocycles. The second kappa shape index (κ2) is 9.35. The van der Waals surface area contributed by atoms with E-state index in [9.17, 15) is 14.4 Å². The Morgan fingerprint density at radius 1 is 1.09 bits per heavy atom. The quantitative estimate of drug-likeness (QED) is 0.432. The maximum Gasteiger partial charge on any atom is 0.340 e. The summed E-state index contributed by atoms with van der Waals surface area (Å²) in [5.41, 5.74) is 1.55. The first kappa shape index (κ1) is 21.8. The summed E-state index contributed by atoms with van der Waals surface area (Å²) >= 11 is 0. The third kappa shape index (κ3) is 4.74. The first-order chi connectivity index (χ1) is 15.9. The fourth-order valence-electron chi connectivity index (χ4n) is 3.20. The van der Waals surface area contributed by atoms with Gasteiger partial charge in [-0.25, -0.2) is 4.79 Å². The number of carbonyl (C=O) groups excluding carboxylic acids is 3. The molecule has 10 heteroatoms. The van der Waals surface area contributed by atoms with Gasteiger partial charge < -0.3 is 19.4 Å². The van der Waals surface area contributed by atoms with E-state index in [1.54, 1.807) is 66.1 Å². The number of para-hydroxylation sites is 1. The summed E-state index contributed by atoms with van der Waals surface area (Å²) in [4.78, 5) is 39.1. The number of nitrogens with one attached hydrogen (secondary N) is 1. The van der Waals surface area contributed by atoms with Crippen LogP contribution >= 0.6 is 0 Å². The number of likely N-dealkylation sites (N-methyl/N-ethyl adjacent to an activating group) is 1. The lowest BCUT2D eigenvalue weighted by atomic mass is 10.1. The average Bonchev–Trinajstić information content (AvgIpc) is 3.50. The Kier molecular flexibility index (Phi) is 6.16. The molecule has 0 unspecified atom stereocenters. The van der Waals surface area contributed by atoms with Crippen LogP contribution in [0.4, 0.5) is 5.69 Å². The van der Waals surface area contributed by atoms with Crippen molar-refractivity contribution in [3.8, 4) is 0 Å². The number of benzene rings is 1. The Morgan fingerprint density at radius 2 is 1.91 bits per heavy atom. The summed E-state index contributed by atoms with van der Waals surface area (Å²) in [6.45, 7) is 1.48. The smallest absolute Gasteiger partial charge is 0.340 e. The molecule has 0 aliphatic carbocycles. The second-order valence-electron chi connectivity index (χ2n) is 7.20. The zero-order chi connectivity index (χ0) is 23.4. The topological polar surface area (TPSA) is 119 Å². The van der Waals surface area contributed by atoms with E-state index in [4.69, 9.17) is 9.15 Å².